The van der Waals surface area contributed by atoms with Crippen LogP contribution in [0.5, 0.6) is 0 Å². The molecule has 0 radical (unpaired) electrons. The normalized spacial score (nSPS) is 10.0. The monoisotopic (exact) mass is 386 g/mol. The Kier molecular flexibility index (Phi) is 5.22. The molecule has 0 saturated carbocycles. The van der Waals surface area contributed by atoms with E-state index in [4.69, 9.17) is 23.2 Å². The van der Waals surface area contributed by atoms with Crippen molar-refractivity contribution in [2.24, 2.45) is 0 Å². The second-order valence-electron chi connectivity index (χ2n) is 4.02. The molecule has 0 fully saturated rings. The summed E-state index contributed by atoms with van der Waals surface area (Å²) in [5, 5.41) is 5.36. The van der Waals surface area contributed by atoms with Crippen LogP contribution in [0.25, 0.3) is 0 Å². The summed E-state index contributed by atoms with van der Waals surface area (Å²) >= 11 is 15.0. The Labute approximate surface area is 139 Å². The molecule has 2 aromatic rings. The maximum Gasteiger partial charge on any atom is 0.314 e. The number of halogens is 3. The Bertz CT molecular complexity index is 690. The van der Waals surface area contributed by atoms with Gasteiger partial charge in [0, 0.05) is 10.2 Å². The van der Waals surface area contributed by atoms with Crippen molar-refractivity contribution < 1.29 is 9.59 Å². The number of anilines is 2. The molecule has 0 spiro atoms. The van der Waals surface area contributed by atoms with Gasteiger partial charge in [-0.1, -0.05) is 45.2 Å². The van der Waals surface area contributed by atoms with E-state index in [1.807, 2.05) is 0 Å². The zero-order chi connectivity index (χ0) is 15.4. The van der Waals surface area contributed by atoms with Crippen LogP contribution in [-0.2, 0) is 9.59 Å². The molecule has 0 atom stereocenters. The highest BCUT2D eigenvalue weighted by atomic mass is 79.9. The van der Waals surface area contributed by atoms with Gasteiger partial charge in [-0.05, 0) is 36.4 Å². The van der Waals surface area contributed by atoms with E-state index >= 15 is 0 Å². The maximum absolute atomic E-state index is 11.8. The van der Waals surface area contributed by atoms with E-state index in [0.29, 0.717) is 10.7 Å². The molecule has 2 aromatic carbocycles. The van der Waals surface area contributed by atoms with E-state index in [0.717, 1.165) is 4.47 Å². The van der Waals surface area contributed by atoms with E-state index in [1.165, 1.54) is 0 Å². The summed E-state index contributed by atoms with van der Waals surface area (Å²) < 4.78 is 0.871. The largest absolute Gasteiger partial charge is 0.318 e. The fourth-order valence-corrected chi connectivity index (χ4v) is 2.11. The quantitative estimate of drug-likeness (QED) is 0.753. The number of carbonyl (C=O) groups excluding carboxylic acids is 2. The Hall–Kier alpha value is -1.56. The van der Waals surface area contributed by atoms with Crippen LogP contribution in [0.4, 0.5) is 11.4 Å². The fraction of sp³-hybridized carbons (Fsp3) is 0. The van der Waals surface area contributed by atoms with Gasteiger partial charge in [0.2, 0.25) is 0 Å². The molecule has 0 bridgehead atoms. The minimum absolute atomic E-state index is 0.184. The number of benzene rings is 2. The van der Waals surface area contributed by atoms with Gasteiger partial charge in [-0.15, -0.1) is 0 Å². The van der Waals surface area contributed by atoms with Crippen molar-refractivity contribution in [3.8, 4) is 0 Å². The molecule has 2 N–H and O–H groups in total. The fourth-order valence-electron chi connectivity index (χ4n) is 1.50. The lowest BCUT2D eigenvalue weighted by molar-refractivity contribution is -0.132. The number of rotatable bonds is 2. The summed E-state index contributed by atoms with van der Waals surface area (Å²) in [6.07, 6.45) is 0. The van der Waals surface area contributed by atoms with E-state index < -0.39 is 11.8 Å². The standard InChI is InChI=1S/C14H9BrCl2N2O2/c15-8-4-6-9(7-5-8)18-13(20)14(21)19-11-3-1-2-10(16)12(11)17/h1-7H,(H,18,20)(H,19,21). The van der Waals surface area contributed by atoms with Gasteiger partial charge in [-0.25, -0.2) is 0 Å². The molecule has 0 heterocycles. The lowest BCUT2D eigenvalue weighted by Gasteiger charge is -2.08. The first-order valence-corrected chi connectivity index (χ1v) is 7.34. The van der Waals surface area contributed by atoms with Gasteiger partial charge in [0.1, 0.15) is 0 Å². The lowest BCUT2D eigenvalue weighted by atomic mass is 10.3. The number of carbonyl (C=O) groups is 2. The third-order valence-electron chi connectivity index (χ3n) is 2.51. The zero-order valence-corrected chi connectivity index (χ0v) is 13.6. The highest BCUT2D eigenvalue weighted by Gasteiger charge is 2.16. The molecule has 7 heteroatoms. The number of nitrogens with one attached hydrogen (secondary N) is 2. The molecule has 0 aromatic heterocycles. The second kappa shape index (κ2) is 6.93. The first-order valence-electron chi connectivity index (χ1n) is 5.79. The van der Waals surface area contributed by atoms with Crippen molar-refractivity contribution in [1.82, 2.24) is 0 Å². The highest BCUT2D eigenvalue weighted by Crippen LogP contribution is 2.29. The van der Waals surface area contributed by atoms with Gasteiger partial charge in [0.25, 0.3) is 0 Å². The van der Waals surface area contributed by atoms with Crippen molar-refractivity contribution in [2.75, 3.05) is 10.6 Å². The summed E-state index contributed by atoms with van der Waals surface area (Å²) in [7, 11) is 0. The topological polar surface area (TPSA) is 58.2 Å². The Morgan fingerprint density at radius 3 is 2.19 bits per heavy atom. The molecule has 0 aliphatic carbocycles. The minimum Gasteiger partial charge on any atom is -0.318 e. The van der Waals surface area contributed by atoms with Crippen LogP contribution in [0.15, 0.2) is 46.9 Å². The van der Waals surface area contributed by atoms with Gasteiger partial charge in [-0.3, -0.25) is 9.59 Å². The molecule has 0 aliphatic rings. The lowest BCUT2D eigenvalue weighted by Crippen LogP contribution is -2.29. The van der Waals surface area contributed by atoms with E-state index in [9.17, 15) is 9.59 Å². The van der Waals surface area contributed by atoms with Gasteiger partial charge >= 0.3 is 11.8 Å². The van der Waals surface area contributed by atoms with Crippen LogP contribution in [0.2, 0.25) is 10.0 Å². The van der Waals surface area contributed by atoms with Crippen LogP contribution in [0.1, 0.15) is 0 Å². The van der Waals surface area contributed by atoms with Crippen molar-refractivity contribution in [2.45, 2.75) is 0 Å². The SMILES string of the molecule is O=C(Nc1ccc(Br)cc1)C(=O)Nc1cccc(Cl)c1Cl. The number of amides is 2. The summed E-state index contributed by atoms with van der Waals surface area (Å²) in [4.78, 5) is 23.6. The average Bonchev–Trinajstić information content (AvgIpc) is 2.46. The molecule has 4 nitrogen and oxygen atoms in total. The van der Waals surface area contributed by atoms with Crippen LogP contribution >= 0.6 is 39.1 Å². The van der Waals surface area contributed by atoms with Crippen LogP contribution in [0, 0.1) is 0 Å². The van der Waals surface area contributed by atoms with Gasteiger partial charge in [0.15, 0.2) is 0 Å². The molecule has 2 rings (SSSR count). The summed E-state index contributed by atoms with van der Waals surface area (Å²) in [5.41, 5.74) is 0.788. The molecule has 0 unspecified atom stereocenters. The average molecular weight is 388 g/mol. The summed E-state index contributed by atoms with van der Waals surface area (Å²) in [6.45, 7) is 0. The number of hydrogen-bond acceptors (Lipinski definition) is 2. The molecular weight excluding hydrogens is 379 g/mol. The van der Waals surface area contributed by atoms with E-state index in [1.54, 1.807) is 42.5 Å². The van der Waals surface area contributed by atoms with Crippen LogP contribution < -0.4 is 10.6 Å². The Balaban J connectivity index is 2.04. The molecule has 0 saturated heterocycles. The summed E-state index contributed by atoms with van der Waals surface area (Å²) in [5.74, 6) is -1.63. The predicted octanol–water partition coefficient (Wildman–Crippen LogP) is 4.33. The van der Waals surface area contributed by atoms with Crippen molar-refractivity contribution >= 4 is 62.3 Å². The smallest absolute Gasteiger partial charge is 0.314 e. The predicted molar refractivity (Wildman–Crippen MR) is 87.9 cm³/mol. The Morgan fingerprint density at radius 2 is 1.52 bits per heavy atom. The molecule has 108 valence electrons. The van der Waals surface area contributed by atoms with Crippen LogP contribution in [0.3, 0.4) is 0 Å². The molecule has 21 heavy (non-hydrogen) atoms. The van der Waals surface area contributed by atoms with Crippen molar-refractivity contribution in [1.29, 1.82) is 0 Å². The van der Waals surface area contributed by atoms with Crippen molar-refractivity contribution in [3.63, 3.8) is 0 Å². The first kappa shape index (κ1) is 15.8. The van der Waals surface area contributed by atoms with Gasteiger partial charge < -0.3 is 10.6 Å². The van der Waals surface area contributed by atoms with Gasteiger partial charge in [0.05, 0.1) is 15.7 Å². The van der Waals surface area contributed by atoms with Crippen LogP contribution in [-0.4, -0.2) is 11.8 Å². The van der Waals surface area contributed by atoms with E-state index in [2.05, 4.69) is 26.6 Å². The minimum atomic E-state index is -0.831. The molecule has 0 aliphatic heterocycles. The molecule has 2 amide bonds. The third-order valence-corrected chi connectivity index (χ3v) is 3.86. The van der Waals surface area contributed by atoms with Crippen molar-refractivity contribution in [3.05, 3.63) is 57.0 Å². The highest BCUT2D eigenvalue weighted by molar-refractivity contribution is 9.10. The second-order valence-corrected chi connectivity index (χ2v) is 5.72. The first-order chi connectivity index (χ1) is 9.97. The zero-order valence-electron chi connectivity index (χ0n) is 10.5. The van der Waals surface area contributed by atoms with Gasteiger partial charge in [-0.2, -0.15) is 0 Å². The molecular formula is C14H9BrCl2N2O2. The Morgan fingerprint density at radius 1 is 0.905 bits per heavy atom. The third kappa shape index (κ3) is 4.20. The number of hydrogen-bond donors (Lipinski definition) is 2. The summed E-state index contributed by atoms with van der Waals surface area (Å²) in [6, 6.07) is 11.6. The maximum atomic E-state index is 11.8. The van der Waals surface area contributed by atoms with E-state index in [-0.39, 0.29) is 10.7 Å².